The van der Waals surface area contributed by atoms with Crippen molar-refractivity contribution in [2.75, 3.05) is 18.9 Å². The number of allylic oxidation sites excluding steroid dienone is 1. The predicted octanol–water partition coefficient (Wildman–Crippen LogP) is 5.07. The van der Waals surface area contributed by atoms with E-state index in [0.717, 1.165) is 23.4 Å². The first-order valence-corrected chi connectivity index (χ1v) is 19.3. The van der Waals surface area contributed by atoms with Gasteiger partial charge in [-0.3, -0.25) is 24.4 Å². The van der Waals surface area contributed by atoms with E-state index in [1.165, 1.54) is 22.3 Å². The summed E-state index contributed by atoms with van der Waals surface area (Å²) in [5.41, 5.74) is -1.73. The summed E-state index contributed by atoms with van der Waals surface area (Å²) in [6.45, 7) is 4.01. The number of sulfonamides is 1. The number of rotatable bonds is 6. The molecule has 0 spiro atoms. The zero-order valence-electron chi connectivity index (χ0n) is 28.3. The van der Waals surface area contributed by atoms with Crippen LogP contribution in [0.5, 0.6) is 0 Å². The number of ether oxygens (including phenoxy) is 1. The number of aromatic nitrogens is 1. The molecule has 4 amide bonds. The normalized spacial score (nSPS) is 27.8. The Labute approximate surface area is 297 Å². The number of carbonyl (C=O) groups excluding carboxylic acids is 4. The lowest BCUT2D eigenvalue weighted by molar-refractivity contribution is -0.140. The van der Waals surface area contributed by atoms with Crippen molar-refractivity contribution in [1.29, 1.82) is 0 Å². The third kappa shape index (κ3) is 7.93. The maximum atomic E-state index is 14.0. The molecule has 1 aliphatic heterocycles. The molecule has 0 saturated heterocycles. The third-order valence-corrected chi connectivity index (χ3v) is 13.0. The van der Waals surface area contributed by atoms with Gasteiger partial charge in [0.25, 0.3) is 5.91 Å². The summed E-state index contributed by atoms with van der Waals surface area (Å²) >= 11 is 1.26. The van der Waals surface area contributed by atoms with Crippen molar-refractivity contribution in [2.24, 2.45) is 17.8 Å². The molecule has 2 heterocycles. The predicted molar refractivity (Wildman–Crippen MR) is 182 cm³/mol. The van der Waals surface area contributed by atoms with Gasteiger partial charge in [0.05, 0.1) is 34.0 Å². The Morgan fingerprint density at radius 1 is 1.12 bits per heavy atom. The van der Waals surface area contributed by atoms with Crippen LogP contribution in [0.1, 0.15) is 67.5 Å². The molecule has 5 atom stereocenters. The first-order valence-electron chi connectivity index (χ1n) is 16.9. The summed E-state index contributed by atoms with van der Waals surface area (Å²) < 4.78 is 74.1. The average molecular weight is 752 g/mol. The topological polar surface area (TPSA) is 164 Å². The van der Waals surface area contributed by atoms with Crippen molar-refractivity contribution in [3.63, 3.8) is 0 Å². The lowest BCUT2D eigenvalue weighted by Gasteiger charge is -2.26. The van der Waals surface area contributed by atoms with Crippen LogP contribution in [0.3, 0.4) is 0 Å². The van der Waals surface area contributed by atoms with Gasteiger partial charge < -0.3 is 15.0 Å². The molecule has 0 bridgehead atoms. The zero-order valence-corrected chi connectivity index (χ0v) is 30.0. The first kappa shape index (κ1) is 36.8. The molecular weight excluding hydrogens is 712 g/mol. The number of amides is 4. The van der Waals surface area contributed by atoms with Gasteiger partial charge in [-0.15, -0.1) is 11.3 Å². The zero-order chi connectivity index (χ0) is 36.9. The Hall–Kier alpha value is -3.99. The molecule has 4 aliphatic rings. The monoisotopic (exact) mass is 751 g/mol. The number of thiazole rings is 1. The van der Waals surface area contributed by atoms with Gasteiger partial charge in [-0.05, 0) is 83.4 Å². The van der Waals surface area contributed by atoms with Gasteiger partial charge >= 0.3 is 12.3 Å². The van der Waals surface area contributed by atoms with Crippen molar-refractivity contribution in [2.45, 2.75) is 88.3 Å². The number of benzene rings is 1. The van der Waals surface area contributed by atoms with E-state index in [1.807, 2.05) is 19.1 Å². The smallest absolute Gasteiger partial charge is 0.416 e. The van der Waals surface area contributed by atoms with Crippen molar-refractivity contribution in [3.8, 4) is 10.6 Å². The van der Waals surface area contributed by atoms with E-state index in [2.05, 4.69) is 20.3 Å². The van der Waals surface area contributed by atoms with Crippen molar-refractivity contribution < 1.29 is 45.5 Å². The molecule has 0 unspecified atom stereocenters. The van der Waals surface area contributed by atoms with Gasteiger partial charge in [0, 0.05) is 30.0 Å². The number of hydrogen-bond acceptors (Lipinski definition) is 9. The fraction of sp³-hybridized carbons (Fsp3) is 0.559. The highest BCUT2D eigenvalue weighted by atomic mass is 32.2. The Morgan fingerprint density at radius 2 is 1.84 bits per heavy atom. The Bertz CT molecular complexity index is 1860. The molecule has 276 valence electrons. The number of nitrogens with zero attached hydrogens (tertiary/aromatic N) is 2. The fourth-order valence-corrected chi connectivity index (χ4v) is 9.10. The van der Waals surface area contributed by atoms with Crippen LogP contribution in [0.25, 0.3) is 10.6 Å². The SMILES string of the molecule is Cc1nc(-c2ccc(C(F)(F)F)cc2NC(=O)O[C@@H]2C[C@H]3C(=O)N[C@@]4(C(=O)NS(=O)(=O)C5CC5)C[C@@H]4/C=C\CCCCN(C)C(=O)[C@@H]3C2)sc1C. The molecular formula is C34H40F3N5O7S2. The maximum Gasteiger partial charge on any atom is 0.416 e. The van der Waals surface area contributed by atoms with Gasteiger partial charge in [-0.25, -0.2) is 18.2 Å². The summed E-state index contributed by atoms with van der Waals surface area (Å²) in [6.07, 6.45) is -0.0575. The molecule has 3 N–H and O–H groups in total. The van der Waals surface area contributed by atoms with Crippen LogP contribution in [-0.2, 0) is 35.3 Å². The number of hydrogen-bond donors (Lipinski definition) is 3. The van der Waals surface area contributed by atoms with Crippen LogP contribution in [0, 0.1) is 31.6 Å². The molecule has 6 rings (SSSR count). The molecule has 12 nitrogen and oxygen atoms in total. The number of anilines is 1. The molecule has 51 heavy (non-hydrogen) atoms. The summed E-state index contributed by atoms with van der Waals surface area (Å²) in [7, 11) is -2.29. The molecule has 2 aromatic rings. The second-order valence-corrected chi connectivity index (χ2v) is 17.0. The summed E-state index contributed by atoms with van der Waals surface area (Å²) in [6, 6.07) is 2.94. The molecule has 0 radical (unpaired) electrons. The summed E-state index contributed by atoms with van der Waals surface area (Å²) in [5.74, 6) is -4.29. The van der Waals surface area contributed by atoms with Crippen LogP contribution < -0.4 is 15.4 Å². The minimum absolute atomic E-state index is 0.0480. The van der Waals surface area contributed by atoms with Crippen molar-refractivity contribution in [3.05, 3.63) is 46.5 Å². The fourth-order valence-electron chi connectivity index (χ4n) is 6.78. The van der Waals surface area contributed by atoms with E-state index in [1.54, 1.807) is 14.0 Å². The minimum atomic E-state index is -4.69. The van der Waals surface area contributed by atoms with Gasteiger partial charge in [-0.1, -0.05) is 12.2 Å². The number of alkyl halides is 3. The molecule has 3 saturated carbocycles. The van der Waals surface area contributed by atoms with E-state index in [4.69, 9.17) is 4.74 Å². The highest BCUT2D eigenvalue weighted by molar-refractivity contribution is 7.91. The van der Waals surface area contributed by atoms with Crippen molar-refractivity contribution >= 4 is 50.9 Å². The number of aryl methyl sites for hydroxylation is 2. The van der Waals surface area contributed by atoms with Gasteiger partial charge in [0.1, 0.15) is 16.7 Å². The molecule has 1 aromatic heterocycles. The summed E-state index contributed by atoms with van der Waals surface area (Å²) in [4.78, 5) is 61.2. The van der Waals surface area contributed by atoms with Crippen LogP contribution in [0.2, 0.25) is 0 Å². The third-order valence-electron chi connectivity index (χ3n) is 10.1. The number of nitrogens with one attached hydrogen (secondary N) is 3. The van der Waals surface area contributed by atoms with Crippen LogP contribution in [-0.4, -0.2) is 72.6 Å². The maximum absolute atomic E-state index is 14.0. The standard InChI is InChI=1S/C34H40F3N5O7S2/c1-18-19(2)50-29(38-18)24-12-9-20(34(35,36)37)14-27(24)39-32(46)49-22-15-25-26(16-22)30(44)42(3)13-7-5-4-6-8-21-17-33(21,40-28(25)43)31(45)41-51(47,48)23-10-11-23/h6,8-9,12,14,21-23,25-26H,4-5,7,10-11,13,15-17H2,1-3H3,(H,39,46)(H,40,43)(H,41,45)/b8-6-/t21-,22+,25+,26+,33-/m0/s1. The van der Waals surface area contributed by atoms with E-state index in [0.29, 0.717) is 42.9 Å². The minimum Gasteiger partial charge on any atom is -0.446 e. The van der Waals surface area contributed by atoms with Crippen LogP contribution in [0.15, 0.2) is 30.4 Å². The second-order valence-electron chi connectivity index (χ2n) is 13.9. The molecule has 3 fully saturated rings. The molecule has 17 heteroatoms. The second kappa shape index (κ2) is 13.9. The Morgan fingerprint density at radius 3 is 2.51 bits per heavy atom. The van der Waals surface area contributed by atoms with Crippen LogP contribution in [0.4, 0.5) is 23.7 Å². The van der Waals surface area contributed by atoms with Gasteiger partial charge in [-0.2, -0.15) is 13.2 Å². The van der Waals surface area contributed by atoms with Crippen LogP contribution >= 0.6 is 11.3 Å². The summed E-state index contributed by atoms with van der Waals surface area (Å²) in [5, 5.41) is 4.95. The van der Waals surface area contributed by atoms with Crippen molar-refractivity contribution in [1.82, 2.24) is 19.9 Å². The van der Waals surface area contributed by atoms with E-state index in [-0.39, 0.29) is 36.4 Å². The Kier molecular flexibility index (Phi) is 10.00. The van der Waals surface area contributed by atoms with E-state index < -0.39 is 74.3 Å². The largest absolute Gasteiger partial charge is 0.446 e. The Balaban J connectivity index is 1.23. The number of halogens is 3. The van der Waals surface area contributed by atoms with Gasteiger partial charge in [0.15, 0.2) is 0 Å². The lowest BCUT2D eigenvalue weighted by atomic mass is 9.93. The molecule has 3 aliphatic carbocycles. The average Bonchev–Trinajstić information content (AvgIpc) is 3.96. The van der Waals surface area contributed by atoms with E-state index >= 15 is 0 Å². The molecule has 1 aromatic carbocycles. The van der Waals surface area contributed by atoms with Gasteiger partial charge in [0.2, 0.25) is 21.8 Å². The first-order chi connectivity index (χ1) is 24.0. The number of carbonyl (C=O) groups is 4. The highest BCUT2D eigenvalue weighted by Gasteiger charge is 2.62. The lowest BCUT2D eigenvalue weighted by Crippen LogP contribution is -2.54. The number of fused-ring (bicyclic) bond motifs is 2. The highest BCUT2D eigenvalue weighted by Crippen LogP contribution is 2.47. The quantitative estimate of drug-likeness (QED) is 0.345. The van der Waals surface area contributed by atoms with E-state index in [9.17, 15) is 40.8 Å².